The van der Waals surface area contributed by atoms with E-state index in [4.69, 9.17) is 0 Å². The molecule has 10 heteroatoms. The van der Waals surface area contributed by atoms with Crippen LogP contribution in [0, 0.1) is 5.92 Å². The van der Waals surface area contributed by atoms with E-state index in [1.807, 2.05) is 0 Å². The number of rotatable bonds is 1. The van der Waals surface area contributed by atoms with Crippen LogP contribution >= 0.6 is 0 Å². The van der Waals surface area contributed by atoms with E-state index in [9.17, 15) is 29.1 Å². The highest BCUT2D eigenvalue weighted by molar-refractivity contribution is 6.34. The highest BCUT2D eigenvalue weighted by Gasteiger charge is 2.77. The zero-order chi connectivity index (χ0) is 21.6. The summed E-state index contributed by atoms with van der Waals surface area (Å²) in [6.45, 7) is 0. The molecule has 0 bridgehead atoms. The molecule has 3 unspecified atom stereocenters. The second-order valence-corrected chi connectivity index (χ2v) is 7.61. The highest BCUT2D eigenvalue weighted by Crippen LogP contribution is 2.57. The van der Waals surface area contributed by atoms with Gasteiger partial charge in [0.2, 0.25) is 5.91 Å². The first-order chi connectivity index (χ1) is 14.2. The van der Waals surface area contributed by atoms with Crippen molar-refractivity contribution in [1.29, 1.82) is 0 Å². The lowest BCUT2D eigenvalue weighted by atomic mass is 9.63. The average molecular weight is 408 g/mol. The maximum absolute atomic E-state index is 13.8. The predicted octanol–water partition coefficient (Wildman–Crippen LogP) is -1.24. The Balaban J connectivity index is 1.92. The van der Waals surface area contributed by atoms with Crippen molar-refractivity contribution >= 4 is 29.1 Å². The van der Waals surface area contributed by atoms with E-state index in [2.05, 4.69) is 5.32 Å². The van der Waals surface area contributed by atoms with Gasteiger partial charge in [0, 0.05) is 14.1 Å². The first-order valence-corrected chi connectivity index (χ1v) is 9.14. The molecule has 1 spiro atoms. The van der Waals surface area contributed by atoms with Crippen LogP contribution < -0.4 is 21.5 Å². The van der Waals surface area contributed by atoms with Crippen molar-refractivity contribution in [3.63, 3.8) is 0 Å². The molecule has 30 heavy (non-hydrogen) atoms. The van der Waals surface area contributed by atoms with Crippen molar-refractivity contribution < 1.29 is 19.5 Å². The van der Waals surface area contributed by atoms with Gasteiger partial charge in [-0.05, 0) is 24.3 Å². The summed E-state index contributed by atoms with van der Waals surface area (Å²) in [6, 6.07) is 7.96. The number of hydrogen-bond donors (Lipinski definition) is 2. The molecule has 1 saturated heterocycles. The van der Waals surface area contributed by atoms with Gasteiger partial charge in [0.05, 0.1) is 11.3 Å². The van der Waals surface area contributed by atoms with Crippen LogP contribution in [-0.4, -0.2) is 37.6 Å². The van der Waals surface area contributed by atoms with Crippen LogP contribution in [0.1, 0.15) is 5.56 Å². The monoisotopic (exact) mass is 408 g/mol. The van der Waals surface area contributed by atoms with E-state index in [-0.39, 0.29) is 17.1 Å². The van der Waals surface area contributed by atoms with Crippen molar-refractivity contribution in [2.45, 2.75) is 11.1 Å². The number of nitrogens with zero attached hydrogens (tertiary/aromatic N) is 3. The fourth-order valence-electron chi connectivity index (χ4n) is 4.79. The van der Waals surface area contributed by atoms with Gasteiger partial charge in [-0.1, -0.05) is 18.2 Å². The van der Waals surface area contributed by atoms with E-state index in [1.54, 1.807) is 18.2 Å². The van der Waals surface area contributed by atoms with Crippen LogP contribution in [0.25, 0.3) is 0 Å². The van der Waals surface area contributed by atoms with Gasteiger partial charge < -0.3 is 10.4 Å². The second kappa shape index (κ2) is 5.42. The summed E-state index contributed by atoms with van der Waals surface area (Å²) in [5.41, 5.74) is -6.10. The zero-order valence-corrected chi connectivity index (χ0v) is 15.9. The molecular weight excluding hydrogens is 392 g/mol. The first kappa shape index (κ1) is 18.3. The number of ketones is 1. The van der Waals surface area contributed by atoms with Crippen LogP contribution in [0.4, 0.5) is 11.5 Å². The van der Waals surface area contributed by atoms with Gasteiger partial charge in [-0.2, -0.15) is 0 Å². The minimum atomic E-state index is -2.25. The second-order valence-electron chi connectivity index (χ2n) is 7.61. The summed E-state index contributed by atoms with van der Waals surface area (Å²) < 4.78 is 1.85. The third-order valence-electron chi connectivity index (χ3n) is 6.20. The van der Waals surface area contributed by atoms with E-state index in [1.165, 1.54) is 26.2 Å². The lowest BCUT2D eigenvalue weighted by Gasteiger charge is -2.39. The molecule has 1 aromatic heterocycles. The van der Waals surface area contributed by atoms with E-state index in [0.29, 0.717) is 0 Å². The summed E-state index contributed by atoms with van der Waals surface area (Å²) in [7, 11) is 2.59. The molecule has 3 aliphatic rings. The minimum absolute atomic E-state index is 0.106. The van der Waals surface area contributed by atoms with Crippen LogP contribution in [0.5, 0.6) is 0 Å². The number of imide groups is 1. The molecule has 1 aromatic carbocycles. The number of nitrogens with one attached hydrogen (secondary N) is 1. The van der Waals surface area contributed by atoms with Gasteiger partial charge in [0.25, 0.3) is 11.5 Å². The molecule has 2 amide bonds. The molecule has 2 aliphatic heterocycles. The van der Waals surface area contributed by atoms with Gasteiger partial charge in [-0.15, -0.1) is 0 Å². The van der Waals surface area contributed by atoms with Gasteiger partial charge in [-0.3, -0.25) is 28.3 Å². The Bertz CT molecular complexity index is 1320. The van der Waals surface area contributed by atoms with Crippen LogP contribution in [0.3, 0.4) is 0 Å². The number of benzene rings is 1. The number of amides is 2. The Morgan fingerprint density at radius 2 is 1.67 bits per heavy atom. The fraction of sp³-hybridized carbons (Fsp3) is 0.250. The summed E-state index contributed by atoms with van der Waals surface area (Å²) >= 11 is 0. The lowest BCUT2D eigenvalue weighted by Crippen LogP contribution is -2.63. The van der Waals surface area contributed by atoms with E-state index >= 15 is 0 Å². The van der Waals surface area contributed by atoms with E-state index < -0.39 is 45.9 Å². The fourth-order valence-corrected chi connectivity index (χ4v) is 4.79. The summed E-state index contributed by atoms with van der Waals surface area (Å²) in [4.78, 5) is 66.4. The van der Waals surface area contributed by atoms with Crippen molar-refractivity contribution in [2.75, 3.05) is 10.2 Å². The number of allylic oxidation sites excluding steroid dienone is 1. The number of aromatic nitrogens is 2. The number of fused-ring (bicyclic) bond motifs is 1. The maximum atomic E-state index is 13.8. The standard InChI is InChI=1S/C20H16N4O6/c1-22-14-13(15(26)23(2)18(22)29)20-12(11(25)8-9-19(20,30)21-14)16(27)24(17(20)28)10-6-4-3-5-7-10/h3-9,12,21,30H,1-2H3. The first-order valence-electron chi connectivity index (χ1n) is 9.14. The van der Waals surface area contributed by atoms with Gasteiger partial charge in [-0.25, -0.2) is 9.69 Å². The number of carbonyl (C=O) groups is 3. The van der Waals surface area contributed by atoms with Gasteiger partial charge in [0.1, 0.15) is 11.7 Å². The number of carbonyl (C=O) groups excluding carboxylic acids is 3. The van der Waals surface area contributed by atoms with Crippen molar-refractivity contribution in [3.05, 3.63) is 68.9 Å². The van der Waals surface area contributed by atoms with E-state index in [0.717, 1.165) is 26.2 Å². The Labute approximate surface area is 168 Å². The smallest absolute Gasteiger partial charge is 0.332 e. The van der Waals surface area contributed by atoms with Crippen LogP contribution in [0.15, 0.2) is 52.1 Å². The molecule has 1 fully saturated rings. The molecule has 0 saturated carbocycles. The molecule has 0 radical (unpaired) electrons. The average Bonchev–Trinajstić information content (AvgIpc) is 3.15. The summed E-state index contributed by atoms with van der Waals surface area (Å²) in [5.74, 6) is -4.22. The number of para-hydroxylation sites is 1. The third-order valence-corrected chi connectivity index (χ3v) is 6.20. The number of anilines is 2. The topological polar surface area (TPSA) is 131 Å². The third kappa shape index (κ3) is 1.75. The summed E-state index contributed by atoms with van der Waals surface area (Å²) in [5, 5.41) is 14.1. The molecule has 1 aliphatic carbocycles. The highest BCUT2D eigenvalue weighted by atomic mass is 16.3. The largest absolute Gasteiger partial charge is 0.366 e. The lowest BCUT2D eigenvalue weighted by molar-refractivity contribution is -0.139. The van der Waals surface area contributed by atoms with Crippen LogP contribution in [-0.2, 0) is 33.9 Å². The normalized spacial score (nSPS) is 29.0. The Morgan fingerprint density at radius 3 is 2.33 bits per heavy atom. The van der Waals surface area contributed by atoms with Crippen molar-refractivity contribution in [3.8, 4) is 0 Å². The maximum Gasteiger partial charge on any atom is 0.332 e. The van der Waals surface area contributed by atoms with Crippen molar-refractivity contribution in [1.82, 2.24) is 9.13 Å². The number of aliphatic hydroxyl groups is 1. The van der Waals surface area contributed by atoms with Gasteiger partial charge >= 0.3 is 5.69 Å². The Hall–Kier alpha value is -3.79. The molecule has 5 rings (SSSR count). The SMILES string of the molecule is Cn1c2c(c(=O)n(C)c1=O)C13C(=O)N(c4ccccc4)C(=O)C1C(=O)C=CC3(O)N2. The molecule has 3 atom stereocenters. The molecule has 3 heterocycles. The Morgan fingerprint density at radius 1 is 1.00 bits per heavy atom. The van der Waals surface area contributed by atoms with Gasteiger partial charge in [0.15, 0.2) is 16.9 Å². The number of hydrogen-bond acceptors (Lipinski definition) is 7. The molecule has 10 nitrogen and oxygen atoms in total. The Kier molecular flexibility index (Phi) is 3.30. The summed E-state index contributed by atoms with van der Waals surface area (Å²) in [6.07, 6.45) is 2.08. The molecular formula is C20H16N4O6. The zero-order valence-electron chi connectivity index (χ0n) is 15.9. The van der Waals surface area contributed by atoms with Crippen molar-refractivity contribution in [2.24, 2.45) is 20.0 Å². The minimum Gasteiger partial charge on any atom is -0.366 e. The quantitative estimate of drug-likeness (QED) is 0.446. The molecule has 2 N–H and O–H groups in total. The molecule has 2 aromatic rings. The predicted molar refractivity (Wildman–Crippen MR) is 104 cm³/mol. The molecule has 152 valence electrons. The van der Waals surface area contributed by atoms with Crippen LogP contribution in [0.2, 0.25) is 0 Å².